The van der Waals surface area contributed by atoms with Crippen molar-refractivity contribution in [1.29, 1.82) is 0 Å². The maximum Gasteiger partial charge on any atom is 0.123 e. The van der Waals surface area contributed by atoms with E-state index in [2.05, 4.69) is 25.9 Å². The van der Waals surface area contributed by atoms with E-state index in [1.165, 1.54) is 0 Å². The molecule has 0 radical (unpaired) electrons. The number of aromatic nitrogens is 3. The van der Waals surface area contributed by atoms with Crippen LogP contribution in [0.15, 0.2) is 53.5 Å². The molecule has 6 heteroatoms. The van der Waals surface area contributed by atoms with E-state index in [9.17, 15) is 0 Å². The van der Waals surface area contributed by atoms with Crippen molar-refractivity contribution in [2.24, 2.45) is 0 Å². The average molecular weight is 350 g/mol. The Labute approximate surface area is 129 Å². The molecule has 2 N–H and O–H groups in total. The van der Waals surface area contributed by atoms with Crippen LogP contribution in [-0.4, -0.2) is 14.5 Å². The van der Waals surface area contributed by atoms with Gasteiger partial charge in [0.05, 0.1) is 33.4 Å². The average Bonchev–Trinajstić information content (AvgIpc) is 2.91. The molecule has 0 fully saturated rings. The molecular weight excluding hydrogens is 340 g/mol. The first-order valence-corrected chi connectivity index (χ1v) is 7.02. The Kier molecular flexibility index (Phi) is 3.46. The number of anilines is 1. The molecule has 2 heterocycles. The van der Waals surface area contributed by atoms with Gasteiger partial charge in [0.2, 0.25) is 0 Å². The van der Waals surface area contributed by atoms with Crippen LogP contribution in [0, 0.1) is 0 Å². The molecule has 4 nitrogen and oxygen atoms in total. The quantitative estimate of drug-likeness (QED) is 0.762. The van der Waals surface area contributed by atoms with Gasteiger partial charge in [-0.15, -0.1) is 0 Å². The second-order valence-electron chi connectivity index (χ2n) is 4.19. The molecule has 0 aliphatic rings. The molecule has 0 amide bonds. The van der Waals surface area contributed by atoms with Crippen molar-refractivity contribution in [3.05, 3.63) is 58.5 Å². The first kappa shape index (κ1) is 13.1. The molecule has 100 valence electrons. The third kappa shape index (κ3) is 2.30. The summed E-state index contributed by atoms with van der Waals surface area (Å²) in [6.45, 7) is 0. The Hall–Kier alpha value is -1.85. The smallest absolute Gasteiger partial charge is 0.123 e. The van der Waals surface area contributed by atoms with E-state index < -0.39 is 0 Å². The van der Waals surface area contributed by atoms with E-state index in [4.69, 9.17) is 17.3 Å². The topological polar surface area (TPSA) is 56.7 Å². The Balaban J connectivity index is 2.18. The highest BCUT2D eigenvalue weighted by atomic mass is 79.9. The fourth-order valence-electron chi connectivity index (χ4n) is 1.99. The van der Waals surface area contributed by atoms with Crippen molar-refractivity contribution < 1.29 is 0 Å². The summed E-state index contributed by atoms with van der Waals surface area (Å²) in [7, 11) is 0. The normalized spacial score (nSPS) is 10.7. The first-order valence-electron chi connectivity index (χ1n) is 5.85. The predicted octanol–water partition coefficient (Wildman–Crippen LogP) is 3.93. The lowest BCUT2D eigenvalue weighted by molar-refractivity contribution is 1.05. The highest BCUT2D eigenvalue weighted by molar-refractivity contribution is 9.10. The lowest BCUT2D eigenvalue weighted by Crippen LogP contribution is -1.97. The Morgan fingerprint density at radius 3 is 2.90 bits per heavy atom. The molecule has 0 atom stereocenters. The molecular formula is C14H10BrClN4. The molecule has 0 saturated carbocycles. The van der Waals surface area contributed by atoms with Crippen LogP contribution in [0.5, 0.6) is 0 Å². The van der Waals surface area contributed by atoms with Gasteiger partial charge in [-0.25, -0.2) is 9.97 Å². The van der Waals surface area contributed by atoms with Crippen LogP contribution in [-0.2, 0) is 0 Å². The van der Waals surface area contributed by atoms with Gasteiger partial charge in [0, 0.05) is 11.8 Å². The zero-order chi connectivity index (χ0) is 14.1. The summed E-state index contributed by atoms with van der Waals surface area (Å²) in [6, 6.07) is 9.39. The summed E-state index contributed by atoms with van der Waals surface area (Å²) in [5.74, 6) is 0.473. The van der Waals surface area contributed by atoms with Gasteiger partial charge < -0.3 is 5.73 Å². The maximum atomic E-state index is 6.14. The SMILES string of the molecule is Nc1cc(-c2cncn2-c2cccc(Cl)c2Br)ccn1. The number of benzene rings is 1. The monoisotopic (exact) mass is 348 g/mol. The lowest BCUT2D eigenvalue weighted by atomic mass is 10.2. The van der Waals surface area contributed by atoms with Crippen molar-refractivity contribution in [2.45, 2.75) is 0 Å². The van der Waals surface area contributed by atoms with E-state index in [-0.39, 0.29) is 0 Å². The summed E-state index contributed by atoms with van der Waals surface area (Å²) < 4.78 is 2.77. The molecule has 0 aliphatic carbocycles. The van der Waals surface area contributed by atoms with E-state index in [0.717, 1.165) is 21.4 Å². The fraction of sp³-hybridized carbons (Fsp3) is 0. The fourth-order valence-corrected chi connectivity index (χ4v) is 2.61. The van der Waals surface area contributed by atoms with Gasteiger partial charge in [-0.1, -0.05) is 17.7 Å². The molecule has 3 aromatic rings. The Morgan fingerprint density at radius 2 is 2.10 bits per heavy atom. The van der Waals surface area contributed by atoms with Gasteiger partial charge in [0.25, 0.3) is 0 Å². The van der Waals surface area contributed by atoms with Gasteiger partial charge in [0.1, 0.15) is 5.82 Å². The van der Waals surface area contributed by atoms with Crippen molar-refractivity contribution in [3.63, 3.8) is 0 Å². The zero-order valence-corrected chi connectivity index (χ0v) is 12.6. The Morgan fingerprint density at radius 1 is 1.25 bits per heavy atom. The number of nitrogens with zero attached hydrogens (tertiary/aromatic N) is 3. The zero-order valence-electron chi connectivity index (χ0n) is 10.3. The van der Waals surface area contributed by atoms with Crippen molar-refractivity contribution in [1.82, 2.24) is 14.5 Å². The summed E-state index contributed by atoms with van der Waals surface area (Å²) >= 11 is 9.65. The number of imidazole rings is 1. The van der Waals surface area contributed by atoms with Crippen molar-refractivity contribution in [2.75, 3.05) is 5.73 Å². The molecule has 0 bridgehead atoms. The van der Waals surface area contributed by atoms with Crippen LogP contribution in [0.3, 0.4) is 0 Å². The number of pyridine rings is 1. The minimum Gasteiger partial charge on any atom is -0.384 e. The first-order chi connectivity index (χ1) is 9.66. The van der Waals surface area contributed by atoms with Crippen LogP contribution in [0.1, 0.15) is 0 Å². The highest BCUT2D eigenvalue weighted by Crippen LogP contribution is 2.32. The third-order valence-corrected chi connectivity index (χ3v) is 4.28. The van der Waals surface area contributed by atoms with Crippen LogP contribution in [0.4, 0.5) is 5.82 Å². The molecule has 1 aromatic carbocycles. The van der Waals surface area contributed by atoms with E-state index >= 15 is 0 Å². The maximum absolute atomic E-state index is 6.14. The van der Waals surface area contributed by atoms with Crippen LogP contribution in [0.2, 0.25) is 5.02 Å². The molecule has 20 heavy (non-hydrogen) atoms. The Bertz CT molecular complexity index is 769. The molecule has 0 saturated heterocycles. The predicted molar refractivity (Wildman–Crippen MR) is 83.9 cm³/mol. The third-order valence-electron chi connectivity index (χ3n) is 2.91. The number of halogens is 2. The van der Waals surface area contributed by atoms with Gasteiger partial charge in [-0.05, 0) is 40.2 Å². The molecule has 3 rings (SSSR count). The van der Waals surface area contributed by atoms with Crippen molar-refractivity contribution >= 4 is 33.3 Å². The number of hydrogen-bond donors (Lipinski definition) is 1. The van der Waals surface area contributed by atoms with E-state index in [1.807, 2.05) is 34.9 Å². The second-order valence-corrected chi connectivity index (χ2v) is 5.39. The minimum atomic E-state index is 0.473. The lowest BCUT2D eigenvalue weighted by Gasteiger charge is -2.11. The summed E-state index contributed by atoms with van der Waals surface area (Å²) in [6.07, 6.45) is 5.19. The molecule has 0 spiro atoms. The standard InChI is InChI=1S/C14H10BrClN4/c15-14-10(16)2-1-3-11(14)20-8-18-7-12(20)9-4-5-19-13(17)6-9/h1-8H,(H2,17,19). The van der Waals surface area contributed by atoms with Gasteiger partial charge >= 0.3 is 0 Å². The number of rotatable bonds is 2. The minimum absolute atomic E-state index is 0.473. The summed E-state index contributed by atoms with van der Waals surface area (Å²) in [5.41, 5.74) is 8.52. The van der Waals surface area contributed by atoms with Gasteiger partial charge in [0.15, 0.2) is 0 Å². The summed E-state index contributed by atoms with van der Waals surface area (Å²) in [5, 5.41) is 0.649. The van der Waals surface area contributed by atoms with Crippen LogP contribution in [0.25, 0.3) is 16.9 Å². The number of nitrogen functional groups attached to an aromatic ring is 1. The van der Waals surface area contributed by atoms with Crippen LogP contribution >= 0.6 is 27.5 Å². The molecule has 2 aromatic heterocycles. The second kappa shape index (κ2) is 5.26. The summed E-state index contributed by atoms with van der Waals surface area (Å²) in [4.78, 5) is 8.21. The molecule has 0 unspecified atom stereocenters. The number of hydrogen-bond acceptors (Lipinski definition) is 3. The van der Waals surface area contributed by atoms with E-state index in [1.54, 1.807) is 18.7 Å². The number of nitrogens with two attached hydrogens (primary N) is 1. The molecule has 0 aliphatic heterocycles. The largest absolute Gasteiger partial charge is 0.384 e. The van der Waals surface area contributed by atoms with Gasteiger partial charge in [-0.3, -0.25) is 4.57 Å². The van der Waals surface area contributed by atoms with Gasteiger partial charge in [-0.2, -0.15) is 0 Å². The van der Waals surface area contributed by atoms with E-state index in [0.29, 0.717) is 10.8 Å². The highest BCUT2D eigenvalue weighted by Gasteiger charge is 2.11. The van der Waals surface area contributed by atoms with Crippen LogP contribution < -0.4 is 5.73 Å². The van der Waals surface area contributed by atoms with Crippen molar-refractivity contribution in [3.8, 4) is 16.9 Å².